The number of halogens is 2. The van der Waals surface area contributed by atoms with Crippen LogP contribution in [-0.4, -0.2) is 18.2 Å². The Labute approximate surface area is 161 Å². The summed E-state index contributed by atoms with van der Waals surface area (Å²) in [6, 6.07) is 18.8. The van der Waals surface area contributed by atoms with Gasteiger partial charge in [-0.25, -0.2) is 5.43 Å². The summed E-state index contributed by atoms with van der Waals surface area (Å²) in [4.78, 5) is 12.0. The molecule has 0 heterocycles. The van der Waals surface area contributed by atoms with Gasteiger partial charge in [0.1, 0.15) is 5.75 Å². The monoisotopic (exact) mass is 386 g/mol. The van der Waals surface area contributed by atoms with Crippen molar-refractivity contribution in [1.82, 2.24) is 5.43 Å². The third-order valence-electron chi connectivity index (χ3n) is 3.78. The number of nitrogens with one attached hydrogen (secondary N) is 1. The first kappa shape index (κ1) is 18.2. The van der Waals surface area contributed by atoms with Gasteiger partial charge in [0, 0.05) is 10.6 Å². The molecule has 0 bridgehead atoms. The molecule has 0 saturated carbocycles. The van der Waals surface area contributed by atoms with Crippen LogP contribution in [0.15, 0.2) is 65.8 Å². The third kappa shape index (κ3) is 4.34. The summed E-state index contributed by atoms with van der Waals surface area (Å²) in [7, 11) is 0. The first-order chi connectivity index (χ1) is 12.5. The summed E-state index contributed by atoms with van der Waals surface area (Å²) in [5, 5.41) is 7.22. The Morgan fingerprint density at radius 3 is 2.65 bits per heavy atom. The second kappa shape index (κ2) is 8.21. The highest BCUT2D eigenvalue weighted by molar-refractivity contribution is 6.35. The van der Waals surface area contributed by atoms with Crippen LogP contribution in [0.25, 0.3) is 10.8 Å². The highest BCUT2D eigenvalue weighted by atomic mass is 35.5. The van der Waals surface area contributed by atoms with Crippen LogP contribution in [0.2, 0.25) is 10.0 Å². The van der Waals surface area contributed by atoms with Gasteiger partial charge in [0.25, 0.3) is 5.91 Å². The lowest BCUT2D eigenvalue weighted by Gasteiger charge is -2.08. The average molecular weight is 387 g/mol. The fourth-order valence-corrected chi connectivity index (χ4v) is 2.98. The zero-order valence-corrected chi connectivity index (χ0v) is 15.5. The van der Waals surface area contributed by atoms with Gasteiger partial charge in [-0.15, -0.1) is 0 Å². The topological polar surface area (TPSA) is 50.7 Å². The van der Waals surface area contributed by atoms with Crippen molar-refractivity contribution in [3.8, 4) is 5.75 Å². The van der Waals surface area contributed by atoms with Gasteiger partial charge in [-0.1, -0.05) is 65.7 Å². The van der Waals surface area contributed by atoms with Gasteiger partial charge >= 0.3 is 0 Å². The molecule has 0 aliphatic heterocycles. The zero-order chi connectivity index (χ0) is 18.5. The van der Waals surface area contributed by atoms with E-state index in [1.807, 2.05) is 49.4 Å². The zero-order valence-electron chi connectivity index (χ0n) is 14.0. The molecule has 3 rings (SSSR count). The number of amides is 1. The molecule has 0 aliphatic rings. The van der Waals surface area contributed by atoms with E-state index in [4.69, 9.17) is 27.9 Å². The number of benzene rings is 3. The van der Waals surface area contributed by atoms with E-state index in [-0.39, 0.29) is 12.5 Å². The lowest BCUT2D eigenvalue weighted by molar-refractivity contribution is -0.123. The first-order valence-electron chi connectivity index (χ1n) is 7.94. The van der Waals surface area contributed by atoms with Crippen molar-refractivity contribution >= 4 is 45.6 Å². The molecule has 6 heteroatoms. The normalized spacial score (nSPS) is 11.4. The summed E-state index contributed by atoms with van der Waals surface area (Å²) >= 11 is 11.8. The SMILES string of the molecule is C/C(=N/NC(=O)COc1ccc(Cl)cc1Cl)c1cccc2ccccc12. The molecule has 0 radical (unpaired) electrons. The predicted molar refractivity (Wildman–Crippen MR) is 106 cm³/mol. The molecule has 0 aliphatic carbocycles. The smallest absolute Gasteiger partial charge is 0.277 e. The molecule has 0 spiro atoms. The number of hydrazone groups is 1. The number of fused-ring (bicyclic) bond motifs is 1. The Morgan fingerprint density at radius 2 is 1.85 bits per heavy atom. The number of rotatable bonds is 5. The Kier molecular flexibility index (Phi) is 5.76. The van der Waals surface area contributed by atoms with Crippen molar-refractivity contribution < 1.29 is 9.53 Å². The minimum atomic E-state index is -0.379. The van der Waals surface area contributed by atoms with Gasteiger partial charge in [-0.3, -0.25) is 4.79 Å². The van der Waals surface area contributed by atoms with Gasteiger partial charge in [-0.2, -0.15) is 5.10 Å². The van der Waals surface area contributed by atoms with Crippen LogP contribution in [0.3, 0.4) is 0 Å². The molecule has 3 aromatic rings. The standard InChI is InChI=1S/C20H16Cl2N2O2/c1-13(16-8-4-6-14-5-2-3-7-17(14)16)23-24-20(25)12-26-19-10-9-15(21)11-18(19)22/h2-11H,12H2,1H3,(H,24,25)/b23-13-. The van der Waals surface area contributed by atoms with Gasteiger partial charge in [-0.05, 0) is 35.9 Å². The molecule has 132 valence electrons. The molecule has 0 atom stereocenters. The molecular weight excluding hydrogens is 371 g/mol. The van der Waals surface area contributed by atoms with E-state index in [2.05, 4.69) is 10.5 Å². The lowest BCUT2D eigenvalue weighted by atomic mass is 10.0. The van der Waals surface area contributed by atoms with E-state index >= 15 is 0 Å². The number of carbonyl (C=O) groups excluding carboxylic acids is 1. The Morgan fingerprint density at radius 1 is 1.08 bits per heavy atom. The first-order valence-corrected chi connectivity index (χ1v) is 8.69. The minimum Gasteiger partial charge on any atom is -0.482 e. The molecule has 0 saturated heterocycles. The van der Waals surface area contributed by atoms with Crippen molar-refractivity contribution in [1.29, 1.82) is 0 Å². The van der Waals surface area contributed by atoms with E-state index in [1.54, 1.807) is 18.2 Å². The summed E-state index contributed by atoms with van der Waals surface area (Å²) in [5.41, 5.74) is 4.17. The molecule has 3 aromatic carbocycles. The largest absolute Gasteiger partial charge is 0.482 e. The number of carbonyl (C=O) groups is 1. The van der Waals surface area contributed by atoms with Crippen molar-refractivity contribution in [2.45, 2.75) is 6.92 Å². The minimum absolute atomic E-state index is 0.201. The maximum Gasteiger partial charge on any atom is 0.277 e. The van der Waals surface area contributed by atoms with Crippen molar-refractivity contribution in [3.05, 3.63) is 76.3 Å². The maximum atomic E-state index is 12.0. The van der Waals surface area contributed by atoms with E-state index in [1.165, 1.54) is 0 Å². The lowest BCUT2D eigenvalue weighted by Crippen LogP contribution is -2.25. The fourth-order valence-electron chi connectivity index (χ4n) is 2.52. The number of ether oxygens (including phenoxy) is 1. The van der Waals surface area contributed by atoms with Crippen molar-refractivity contribution in [2.24, 2.45) is 5.10 Å². The summed E-state index contributed by atoms with van der Waals surface area (Å²) in [6.45, 7) is 1.65. The highest BCUT2D eigenvalue weighted by Crippen LogP contribution is 2.27. The van der Waals surface area contributed by atoms with Gasteiger partial charge in [0.15, 0.2) is 6.61 Å². The summed E-state index contributed by atoms with van der Waals surface area (Å²) < 4.78 is 5.39. The molecule has 1 N–H and O–H groups in total. The third-order valence-corrected chi connectivity index (χ3v) is 4.31. The van der Waals surface area contributed by atoms with Crippen LogP contribution in [0.5, 0.6) is 5.75 Å². The maximum absolute atomic E-state index is 12.0. The second-order valence-electron chi connectivity index (χ2n) is 5.62. The van der Waals surface area contributed by atoms with Gasteiger partial charge in [0.2, 0.25) is 0 Å². The Bertz CT molecular complexity index is 981. The number of nitrogens with zero attached hydrogens (tertiary/aromatic N) is 1. The molecule has 0 fully saturated rings. The van der Waals surface area contributed by atoms with Crippen LogP contribution in [-0.2, 0) is 4.79 Å². The van der Waals surface area contributed by atoms with Crippen LogP contribution < -0.4 is 10.2 Å². The average Bonchev–Trinajstić information content (AvgIpc) is 2.65. The predicted octanol–water partition coefficient (Wildman–Crippen LogP) is 5.07. The quantitative estimate of drug-likeness (QED) is 0.491. The van der Waals surface area contributed by atoms with Crippen LogP contribution >= 0.6 is 23.2 Å². The van der Waals surface area contributed by atoms with Crippen LogP contribution in [0, 0.1) is 0 Å². The van der Waals surface area contributed by atoms with E-state index in [0.717, 1.165) is 16.3 Å². The molecule has 0 aromatic heterocycles. The highest BCUT2D eigenvalue weighted by Gasteiger charge is 2.07. The second-order valence-corrected chi connectivity index (χ2v) is 6.47. The molecule has 26 heavy (non-hydrogen) atoms. The summed E-state index contributed by atoms with van der Waals surface area (Å²) in [5.74, 6) is 0.0107. The molecule has 1 amide bonds. The van der Waals surface area contributed by atoms with E-state index in [9.17, 15) is 4.79 Å². The summed E-state index contributed by atoms with van der Waals surface area (Å²) in [6.07, 6.45) is 0. The van der Waals surface area contributed by atoms with Crippen LogP contribution in [0.1, 0.15) is 12.5 Å². The molecule has 4 nitrogen and oxygen atoms in total. The van der Waals surface area contributed by atoms with Gasteiger partial charge in [0.05, 0.1) is 10.7 Å². The Hall–Kier alpha value is -2.56. The number of hydrogen-bond donors (Lipinski definition) is 1. The van der Waals surface area contributed by atoms with Crippen molar-refractivity contribution in [3.63, 3.8) is 0 Å². The van der Waals surface area contributed by atoms with E-state index in [0.29, 0.717) is 21.5 Å². The molecule has 0 unspecified atom stereocenters. The molecular formula is C20H16Cl2N2O2. The van der Waals surface area contributed by atoms with E-state index < -0.39 is 0 Å². The Balaban J connectivity index is 1.65. The number of hydrogen-bond acceptors (Lipinski definition) is 3. The van der Waals surface area contributed by atoms with Crippen LogP contribution in [0.4, 0.5) is 0 Å². The van der Waals surface area contributed by atoms with Crippen molar-refractivity contribution in [2.75, 3.05) is 6.61 Å². The van der Waals surface area contributed by atoms with Gasteiger partial charge < -0.3 is 4.74 Å². The fraction of sp³-hybridized carbons (Fsp3) is 0.100.